The van der Waals surface area contributed by atoms with E-state index >= 15 is 0 Å². The molecule has 0 unspecified atom stereocenters. The van der Waals surface area contributed by atoms with Crippen molar-refractivity contribution in [1.29, 1.82) is 0 Å². The summed E-state index contributed by atoms with van der Waals surface area (Å²) in [7, 11) is 4.10. The summed E-state index contributed by atoms with van der Waals surface area (Å²) in [5, 5.41) is 3.02. The Morgan fingerprint density at radius 2 is 1.21 bits per heavy atom. The maximum absolute atomic E-state index is 12.9. The molecule has 1 saturated heterocycles. The van der Waals surface area contributed by atoms with E-state index in [0.29, 0.717) is 30.6 Å². The highest BCUT2D eigenvalue weighted by Crippen LogP contribution is 2.38. The molecule has 2 amide bonds. The quantitative estimate of drug-likeness (QED) is 0.108. The van der Waals surface area contributed by atoms with E-state index in [4.69, 9.17) is 4.74 Å². The third-order valence-electron chi connectivity index (χ3n) is 8.65. The number of anilines is 2. The summed E-state index contributed by atoms with van der Waals surface area (Å²) in [5.74, 6) is -0.890. The lowest BCUT2D eigenvalue weighted by atomic mass is 9.77. The van der Waals surface area contributed by atoms with Gasteiger partial charge in [0.2, 0.25) is 0 Å². The van der Waals surface area contributed by atoms with Crippen LogP contribution in [-0.2, 0) is 31.1 Å². The predicted molar refractivity (Wildman–Crippen MR) is 193 cm³/mol. The number of hydrogen-bond donors (Lipinski definition) is 0. The second-order valence-electron chi connectivity index (χ2n) is 12.6. The normalized spacial score (nSPS) is 15.1. The average Bonchev–Trinajstić information content (AvgIpc) is 3.36. The molecular weight excluding hydrogens is 598 g/mol. The lowest BCUT2D eigenvalue weighted by Gasteiger charge is -2.40. The van der Waals surface area contributed by atoms with Gasteiger partial charge in [-0.25, -0.2) is 10.0 Å². The third kappa shape index (κ3) is 8.78. The van der Waals surface area contributed by atoms with Crippen LogP contribution >= 0.6 is 0 Å². The number of ether oxygens (including phenoxy) is 1. The Labute approximate surface area is 286 Å². The average molecular weight is 648 g/mol. The van der Waals surface area contributed by atoms with Gasteiger partial charge >= 0.3 is 5.97 Å². The molecule has 4 aromatic rings. The molecule has 0 radical (unpaired) electrons. The fourth-order valence-corrected chi connectivity index (χ4v) is 6.22. The first-order chi connectivity index (χ1) is 23.2. The molecule has 4 aromatic carbocycles. The number of unbranched alkanes of at least 4 members (excludes halogenated alkanes) is 1. The smallest absolute Gasteiger partial charge is 0.306 e. The molecule has 252 valence electrons. The fourth-order valence-electron chi connectivity index (χ4n) is 6.22. The molecule has 0 aromatic heterocycles. The van der Waals surface area contributed by atoms with Gasteiger partial charge in [0.05, 0.1) is 11.4 Å². The molecule has 0 spiro atoms. The van der Waals surface area contributed by atoms with Crippen molar-refractivity contribution in [3.05, 3.63) is 132 Å². The number of esters is 1. The molecule has 7 heteroatoms. The van der Waals surface area contributed by atoms with Crippen LogP contribution in [0.4, 0.5) is 11.4 Å². The number of amides is 2. The standard InChI is InChI=1S/C22H29NO2.C19H20N2O2/c1-5-21(24)25-22(18(2)17-23(3)4,20-14-10-7-11-15-20)16-19-12-8-6-9-13-19;1-2-3-14-17-18(22)20(15-10-6-4-7-11-15)21(19(17)23)16-12-8-5-9-13-16/h6-15,18H,5,16-17H2,1-4H3;4-13,17H,2-3,14H2,1H3/t18-,22+;/m1./s1. The molecule has 7 nitrogen and oxygen atoms in total. The van der Waals surface area contributed by atoms with Crippen LogP contribution in [0.15, 0.2) is 121 Å². The lowest BCUT2D eigenvalue weighted by molar-refractivity contribution is -0.168. The van der Waals surface area contributed by atoms with E-state index in [1.807, 2.05) is 104 Å². The first-order valence-corrected chi connectivity index (χ1v) is 17.0. The van der Waals surface area contributed by atoms with Crippen molar-refractivity contribution < 1.29 is 19.1 Å². The van der Waals surface area contributed by atoms with Crippen LogP contribution in [0.5, 0.6) is 0 Å². The second kappa shape index (κ2) is 17.4. The zero-order valence-corrected chi connectivity index (χ0v) is 28.9. The SMILES string of the molecule is CCC(=O)O[C@](Cc1ccccc1)(c1ccccc1)[C@H](C)CN(C)C.CCCCC1C(=O)N(c2ccccc2)N(c2ccccc2)C1=O. The van der Waals surface area contributed by atoms with Crippen molar-refractivity contribution in [1.82, 2.24) is 4.90 Å². The zero-order chi connectivity index (χ0) is 34.5. The minimum absolute atomic E-state index is 0.139. The largest absolute Gasteiger partial charge is 0.453 e. The topological polar surface area (TPSA) is 70.2 Å². The van der Waals surface area contributed by atoms with Crippen LogP contribution in [0.25, 0.3) is 0 Å². The Morgan fingerprint density at radius 1 is 0.750 bits per heavy atom. The Hall–Kier alpha value is -4.75. The molecule has 1 aliphatic heterocycles. The monoisotopic (exact) mass is 647 g/mol. The summed E-state index contributed by atoms with van der Waals surface area (Å²) in [4.78, 5) is 40.2. The van der Waals surface area contributed by atoms with Crippen molar-refractivity contribution >= 4 is 29.2 Å². The second-order valence-corrected chi connectivity index (χ2v) is 12.6. The van der Waals surface area contributed by atoms with Gasteiger partial charge in [0.1, 0.15) is 11.5 Å². The molecule has 48 heavy (non-hydrogen) atoms. The van der Waals surface area contributed by atoms with Crippen molar-refractivity contribution in [3.63, 3.8) is 0 Å². The Morgan fingerprint density at radius 3 is 1.65 bits per heavy atom. The summed E-state index contributed by atoms with van der Waals surface area (Å²) in [5.41, 5.74) is 2.97. The minimum atomic E-state index is -0.681. The van der Waals surface area contributed by atoms with E-state index in [1.165, 1.54) is 15.6 Å². The highest BCUT2D eigenvalue weighted by Gasteiger charge is 2.46. The molecule has 1 fully saturated rings. The van der Waals surface area contributed by atoms with Gasteiger partial charge in [-0.15, -0.1) is 0 Å². The van der Waals surface area contributed by atoms with E-state index in [0.717, 1.165) is 24.9 Å². The predicted octanol–water partition coefficient (Wildman–Crippen LogP) is 8.06. The number of hydrogen-bond acceptors (Lipinski definition) is 5. The van der Waals surface area contributed by atoms with Gasteiger partial charge in [0, 0.05) is 25.3 Å². The van der Waals surface area contributed by atoms with Gasteiger partial charge in [0.25, 0.3) is 11.8 Å². The van der Waals surface area contributed by atoms with E-state index < -0.39 is 11.5 Å². The summed E-state index contributed by atoms with van der Waals surface area (Å²) in [6.07, 6.45) is 3.47. The van der Waals surface area contributed by atoms with Crippen molar-refractivity contribution in [3.8, 4) is 0 Å². The van der Waals surface area contributed by atoms with Crippen LogP contribution in [0, 0.1) is 11.8 Å². The number of benzene rings is 4. The van der Waals surface area contributed by atoms with Gasteiger partial charge in [-0.1, -0.05) is 131 Å². The highest BCUT2D eigenvalue weighted by molar-refractivity contribution is 6.23. The van der Waals surface area contributed by atoms with E-state index in [-0.39, 0.29) is 23.7 Å². The fraction of sp³-hybridized carbons (Fsp3) is 0.341. The number of nitrogens with zero attached hydrogens (tertiary/aromatic N) is 3. The molecule has 1 heterocycles. The molecule has 5 rings (SSSR count). The summed E-state index contributed by atoms with van der Waals surface area (Å²) >= 11 is 0. The number of rotatable bonds is 13. The van der Waals surface area contributed by atoms with Gasteiger partial charge < -0.3 is 9.64 Å². The molecule has 0 saturated carbocycles. The highest BCUT2D eigenvalue weighted by atomic mass is 16.6. The maximum atomic E-state index is 12.9. The minimum Gasteiger partial charge on any atom is -0.453 e. The Bertz CT molecular complexity index is 1520. The number of carbonyl (C=O) groups is 3. The Balaban J connectivity index is 0.000000217. The summed E-state index contributed by atoms with van der Waals surface area (Å²) in [6, 6.07) is 39.1. The Kier molecular flexibility index (Phi) is 13.1. The summed E-state index contributed by atoms with van der Waals surface area (Å²) < 4.78 is 6.17. The van der Waals surface area contributed by atoms with E-state index in [2.05, 4.69) is 57.1 Å². The number of hydrazine groups is 1. The molecule has 2 atom stereocenters. The van der Waals surface area contributed by atoms with Crippen LogP contribution in [-0.4, -0.2) is 43.3 Å². The van der Waals surface area contributed by atoms with Crippen LogP contribution in [0.3, 0.4) is 0 Å². The van der Waals surface area contributed by atoms with Gasteiger partial charge in [-0.3, -0.25) is 14.4 Å². The third-order valence-corrected chi connectivity index (χ3v) is 8.65. The van der Waals surface area contributed by atoms with Gasteiger partial charge in [0.15, 0.2) is 0 Å². The van der Waals surface area contributed by atoms with Crippen LogP contribution < -0.4 is 10.0 Å². The van der Waals surface area contributed by atoms with Crippen molar-refractivity contribution in [2.75, 3.05) is 30.7 Å². The van der Waals surface area contributed by atoms with E-state index in [9.17, 15) is 14.4 Å². The van der Waals surface area contributed by atoms with Crippen molar-refractivity contribution in [2.45, 2.75) is 58.5 Å². The first kappa shape index (κ1) is 36.1. The summed E-state index contributed by atoms with van der Waals surface area (Å²) in [6.45, 7) is 6.91. The molecule has 0 aliphatic carbocycles. The van der Waals surface area contributed by atoms with Crippen LogP contribution in [0.2, 0.25) is 0 Å². The molecule has 0 N–H and O–H groups in total. The zero-order valence-electron chi connectivity index (χ0n) is 28.9. The molecule has 1 aliphatic rings. The van der Waals surface area contributed by atoms with E-state index in [1.54, 1.807) is 0 Å². The maximum Gasteiger partial charge on any atom is 0.306 e. The van der Waals surface area contributed by atoms with Gasteiger partial charge in [-0.2, -0.15) is 0 Å². The first-order valence-electron chi connectivity index (χ1n) is 17.0. The number of para-hydroxylation sites is 2. The lowest BCUT2D eigenvalue weighted by Crippen LogP contribution is -2.44. The molecular formula is C41H49N3O4. The molecule has 0 bridgehead atoms. The number of carbonyl (C=O) groups excluding carboxylic acids is 3. The van der Waals surface area contributed by atoms with Gasteiger partial charge in [-0.05, 0) is 55.9 Å². The van der Waals surface area contributed by atoms with Crippen molar-refractivity contribution in [2.24, 2.45) is 11.8 Å². The van der Waals surface area contributed by atoms with Crippen LogP contribution in [0.1, 0.15) is 57.6 Å².